The van der Waals surface area contributed by atoms with Gasteiger partial charge in [-0.1, -0.05) is 52.9 Å². The van der Waals surface area contributed by atoms with Gasteiger partial charge in [-0.25, -0.2) is 8.42 Å². The molecule has 0 spiro atoms. The average molecular weight is 277 g/mol. The molecule has 4 heteroatoms. The Morgan fingerprint density at radius 2 is 1.39 bits per heavy atom. The normalized spacial score (nSPS) is 24.2. The second-order valence-corrected chi connectivity index (χ2v) is 7.50. The first-order chi connectivity index (χ1) is 8.49. The predicted molar refractivity (Wildman–Crippen MR) is 79.7 cm³/mol. The van der Waals surface area contributed by atoms with E-state index in [1.54, 1.807) is 0 Å². The first kappa shape index (κ1) is 17.9. The van der Waals surface area contributed by atoms with E-state index in [1.807, 2.05) is 25.8 Å². The molecule has 0 radical (unpaired) electrons. The topological polar surface area (TPSA) is 37.4 Å². The van der Waals surface area contributed by atoms with Crippen LogP contribution in [0.1, 0.15) is 52.9 Å². The lowest BCUT2D eigenvalue weighted by molar-refractivity contribution is 0.360. The van der Waals surface area contributed by atoms with Gasteiger partial charge in [0, 0.05) is 13.1 Å². The molecule has 1 saturated carbocycles. The summed E-state index contributed by atoms with van der Waals surface area (Å²) in [6.45, 7) is 7.75. The molecule has 2 aliphatic rings. The smallest absolute Gasteiger partial charge is 0.152 e. The Labute approximate surface area is 114 Å². The summed E-state index contributed by atoms with van der Waals surface area (Å²) < 4.78 is 21.5. The fraction of sp³-hybridized carbons (Fsp3) is 1.00. The fourth-order valence-electron chi connectivity index (χ4n) is 2.11. The van der Waals surface area contributed by atoms with Crippen LogP contribution < -0.4 is 0 Å². The zero-order valence-electron chi connectivity index (χ0n) is 12.6. The molecule has 0 aromatic rings. The quantitative estimate of drug-likeness (QED) is 0.683. The minimum atomic E-state index is -2.66. The fourth-order valence-corrected chi connectivity index (χ4v) is 3.49. The minimum Gasteiger partial charge on any atom is -0.304 e. The summed E-state index contributed by atoms with van der Waals surface area (Å²) in [5, 5.41) is 0. The Hall–Kier alpha value is -0.0900. The number of sulfone groups is 1. The van der Waals surface area contributed by atoms with E-state index in [-0.39, 0.29) is 0 Å². The van der Waals surface area contributed by atoms with Crippen LogP contribution in [0.3, 0.4) is 0 Å². The lowest BCUT2D eigenvalue weighted by atomic mass is 9.91. The summed E-state index contributed by atoms with van der Waals surface area (Å²) in [4.78, 5) is 2.03. The van der Waals surface area contributed by atoms with Crippen molar-refractivity contribution in [3.63, 3.8) is 0 Å². The summed E-state index contributed by atoms with van der Waals surface area (Å²) in [6, 6.07) is 0. The van der Waals surface area contributed by atoms with E-state index in [9.17, 15) is 8.42 Å². The van der Waals surface area contributed by atoms with Crippen molar-refractivity contribution in [3.05, 3.63) is 0 Å². The molecule has 2 fully saturated rings. The van der Waals surface area contributed by atoms with Crippen molar-refractivity contribution in [2.75, 3.05) is 31.6 Å². The number of hydrogen-bond acceptors (Lipinski definition) is 3. The molecule has 0 atom stereocenters. The van der Waals surface area contributed by atoms with Crippen molar-refractivity contribution in [2.24, 2.45) is 5.92 Å². The third-order valence-electron chi connectivity index (χ3n) is 3.46. The molecule has 1 saturated heterocycles. The van der Waals surface area contributed by atoms with E-state index in [0.29, 0.717) is 24.6 Å². The van der Waals surface area contributed by atoms with Crippen LogP contribution in [0.25, 0.3) is 0 Å². The molecule has 0 aromatic heterocycles. The monoisotopic (exact) mass is 277 g/mol. The number of hydrogen-bond donors (Lipinski definition) is 0. The predicted octanol–water partition coefficient (Wildman–Crippen LogP) is 2.96. The van der Waals surface area contributed by atoms with Gasteiger partial charge in [0.05, 0.1) is 11.5 Å². The van der Waals surface area contributed by atoms with E-state index in [2.05, 4.69) is 6.92 Å². The van der Waals surface area contributed by atoms with E-state index < -0.39 is 9.84 Å². The zero-order valence-corrected chi connectivity index (χ0v) is 13.4. The second-order valence-electron chi connectivity index (χ2n) is 5.20. The molecule has 0 aromatic carbocycles. The molecule has 3 nitrogen and oxygen atoms in total. The molecule has 2 rings (SSSR count). The highest BCUT2D eigenvalue weighted by Crippen LogP contribution is 2.22. The molecule has 1 aliphatic heterocycles. The molecule has 1 heterocycles. The molecule has 0 amide bonds. The van der Waals surface area contributed by atoms with Crippen molar-refractivity contribution in [2.45, 2.75) is 52.9 Å². The standard InChI is InChI=1S/C7H14.C5H11NO2S.C2H6/c1-7-5-3-2-4-6-7;1-6-2-4-9(7,8)5-3-6;1-2/h7H,2-6H2,1H3;2-5H2,1H3;1-2H3. The van der Waals surface area contributed by atoms with Crippen LogP contribution in [-0.2, 0) is 9.84 Å². The van der Waals surface area contributed by atoms with E-state index in [0.717, 1.165) is 5.92 Å². The van der Waals surface area contributed by atoms with Gasteiger partial charge in [0.1, 0.15) is 0 Å². The largest absolute Gasteiger partial charge is 0.304 e. The molecule has 1 aliphatic carbocycles. The van der Waals surface area contributed by atoms with Gasteiger partial charge in [0.2, 0.25) is 0 Å². The number of nitrogens with zero attached hydrogens (tertiary/aromatic N) is 1. The van der Waals surface area contributed by atoms with Crippen LogP contribution in [0.5, 0.6) is 0 Å². The highest BCUT2D eigenvalue weighted by molar-refractivity contribution is 7.91. The second kappa shape index (κ2) is 9.79. The van der Waals surface area contributed by atoms with Gasteiger partial charge >= 0.3 is 0 Å². The van der Waals surface area contributed by atoms with E-state index in [4.69, 9.17) is 0 Å². The Morgan fingerprint density at radius 1 is 0.944 bits per heavy atom. The molecular formula is C14H31NO2S. The molecule has 110 valence electrons. The Bertz CT molecular complexity index is 268. The zero-order chi connectivity index (χ0) is 14.0. The van der Waals surface area contributed by atoms with Crippen molar-refractivity contribution < 1.29 is 8.42 Å². The highest BCUT2D eigenvalue weighted by Gasteiger charge is 2.17. The van der Waals surface area contributed by atoms with E-state index in [1.165, 1.54) is 32.1 Å². The summed E-state index contributed by atoms with van der Waals surface area (Å²) in [7, 11) is -0.718. The number of rotatable bonds is 0. The van der Waals surface area contributed by atoms with Crippen LogP contribution in [0.15, 0.2) is 0 Å². The van der Waals surface area contributed by atoms with Crippen molar-refractivity contribution >= 4 is 9.84 Å². The van der Waals surface area contributed by atoms with Gasteiger partial charge in [0.15, 0.2) is 9.84 Å². The lowest BCUT2D eigenvalue weighted by Crippen LogP contribution is -2.37. The third-order valence-corrected chi connectivity index (χ3v) is 5.07. The maximum absolute atomic E-state index is 10.8. The van der Waals surface area contributed by atoms with Crippen LogP contribution in [0.4, 0.5) is 0 Å². The Kier molecular flexibility index (Phi) is 9.74. The van der Waals surface area contributed by atoms with Crippen molar-refractivity contribution in [1.82, 2.24) is 4.90 Å². The van der Waals surface area contributed by atoms with Crippen LogP contribution in [-0.4, -0.2) is 45.0 Å². The van der Waals surface area contributed by atoms with Gasteiger partial charge in [0.25, 0.3) is 0 Å². The van der Waals surface area contributed by atoms with Gasteiger partial charge in [-0.2, -0.15) is 0 Å². The third kappa shape index (κ3) is 8.92. The van der Waals surface area contributed by atoms with E-state index >= 15 is 0 Å². The molecule has 0 N–H and O–H groups in total. The Balaban J connectivity index is 0.000000289. The van der Waals surface area contributed by atoms with Gasteiger partial charge in [-0.15, -0.1) is 0 Å². The SMILES string of the molecule is CC.CC1CCCCC1.CN1CCS(=O)(=O)CC1. The summed E-state index contributed by atoms with van der Waals surface area (Å²) in [6.07, 6.45) is 7.44. The van der Waals surface area contributed by atoms with Gasteiger partial charge in [-0.05, 0) is 13.0 Å². The van der Waals surface area contributed by atoms with Crippen LogP contribution >= 0.6 is 0 Å². The first-order valence-electron chi connectivity index (χ1n) is 7.38. The molecule has 18 heavy (non-hydrogen) atoms. The maximum atomic E-state index is 10.8. The average Bonchev–Trinajstić information content (AvgIpc) is 2.37. The van der Waals surface area contributed by atoms with Crippen molar-refractivity contribution in [1.29, 1.82) is 0 Å². The highest BCUT2D eigenvalue weighted by atomic mass is 32.2. The minimum absolute atomic E-state index is 0.337. The van der Waals surface area contributed by atoms with Crippen molar-refractivity contribution in [3.8, 4) is 0 Å². The first-order valence-corrected chi connectivity index (χ1v) is 9.21. The van der Waals surface area contributed by atoms with Gasteiger partial charge < -0.3 is 4.90 Å². The summed E-state index contributed by atoms with van der Waals surface area (Å²) >= 11 is 0. The summed E-state index contributed by atoms with van der Waals surface area (Å²) in [5.41, 5.74) is 0. The van der Waals surface area contributed by atoms with Crippen LogP contribution in [0, 0.1) is 5.92 Å². The van der Waals surface area contributed by atoms with Gasteiger partial charge in [-0.3, -0.25) is 0 Å². The lowest BCUT2D eigenvalue weighted by Gasteiger charge is -2.21. The Morgan fingerprint density at radius 3 is 1.67 bits per heavy atom. The maximum Gasteiger partial charge on any atom is 0.152 e. The molecule has 0 unspecified atom stereocenters. The molecular weight excluding hydrogens is 246 g/mol. The summed E-state index contributed by atoms with van der Waals surface area (Å²) in [5.74, 6) is 1.71. The van der Waals surface area contributed by atoms with Crippen LogP contribution in [0.2, 0.25) is 0 Å². The molecule has 0 bridgehead atoms.